The van der Waals surface area contributed by atoms with Crippen molar-refractivity contribution in [3.8, 4) is 134 Å². The van der Waals surface area contributed by atoms with Crippen LogP contribution in [0.1, 0.15) is 77.9 Å². The summed E-state index contributed by atoms with van der Waals surface area (Å²) in [7, 11) is 0. The summed E-state index contributed by atoms with van der Waals surface area (Å²) in [5.41, 5.74) is 52.3. The third kappa shape index (κ3) is 11.8. The predicted octanol–water partition coefficient (Wildman–Crippen LogP) is 35.5. The first-order valence-corrected chi connectivity index (χ1v) is 49.2. The Morgan fingerprint density at radius 3 is 0.824 bits per heavy atom. The lowest BCUT2D eigenvalue weighted by Crippen LogP contribution is -2.25. The number of rotatable bonds is 8. The average molecular weight is 1810 g/mol. The average Bonchev–Trinajstić information content (AvgIpc) is 1.51. The molecule has 30 rings (SSSR count). The Labute approximate surface area is 820 Å². The van der Waals surface area contributed by atoms with Gasteiger partial charge in [0.05, 0.1) is 56.7 Å². The Balaban J connectivity index is 0.000000151. The zero-order chi connectivity index (χ0) is 94.2. The van der Waals surface area contributed by atoms with Crippen LogP contribution in [0.15, 0.2) is 434 Å². The minimum absolute atomic E-state index is 0.445. The molecule has 0 radical (unpaired) electrons. The maximum atomic E-state index is 6.58. The SMILES string of the molecule is Cc1cc(C)c(-c2ccc3c4ccc(-c5c(C)cc(C)cc5C)cc4c4nc(-c5cccc(-c6cccc7c6oc6ccccc67)c5)cnc4c3c2)c(C)c1.c1cc(-c2cnc3c4cc(-c5ccc6c(c5)C5(c7ccccc7-c7ccccc75)c5ccccc5-6)ccc4c4ccc(-c5ccc6c(c5)C5(c7ccccc7-c7ccccc75)c5ccccc5-6)cc4c3n2)cc(-c2cccc3c2oc2ccccc23)c1. The minimum Gasteiger partial charge on any atom is -0.455 e. The molecule has 4 aromatic heterocycles. The number of benzene rings is 22. The van der Waals surface area contributed by atoms with Crippen molar-refractivity contribution < 1.29 is 8.83 Å². The first-order chi connectivity index (χ1) is 69.8. The Hall–Kier alpha value is -17.8. The summed E-state index contributed by atoms with van der Waals surface area (Å²) in [6, 6.07) is 152. The van der Waals surface area contributed by atoms with E-state index in [4.69, 9.17) is 28.8 Å². The van der Waals surface area contributed by atoms with Crippen LogP contribution in [-0.4, -0.2) is 19.9 Å². The topological polar surface area (TPSA) is 77.8 Å². The van der Waals surface area contributed by atoms with Gasteiger partial charge in [0.2, 0.25) is 0 Å². The normalized spacial score (nSPS) is 13.1. The molecule has 664 valence electrons. The highest BCUT2D eigenvalue weighted by atomic mass is 16.3. The van der Waals surface area contributed by atoms with Gasteiger partial charge in [0.15, 0.2) is 0 Å². The Morgan fingerprint density at radius 2 is 0.458 bits per heavy atom. The van der Waals surface area contributed by atoms with E-state index in [9.17, 15) is 0 Å². The van der Waals surface area contributed by atoms with Crippen LogP contribution in [0.3, 0.4) is 0 Å². The van der Waals surface area contributed by atoms with Gasteiger partial charge < -0.3 is 8.83 Å². The molecule has 6 heteroatoms. The van der Waals surface area contributed by atoms with Gasteiger partial charge in [-0.05, 0) is 291 Å². The fourth-order valence-electron chi connectivity index (χ4n) is 25.9. The summed E-state index contributed by atoms with van der Waals surface area (Å²) in [5.74, 6) is 0. The van der Waals surface area contributed by atoms with E-state index in [0.717, 1.165) is 165 Å². The van der Waals surface area contributed by atoms with Crippen LogP contribution < -0.4 is 0 Å². The van der Waals surface area contributed by atoms with Crippen LogP contribution in [0, 0.1) is 41.5 Å². The van der Waals surface area contributed by atoms with Crippen molar-refractivity contribution in [2.45, 2.75) is 52.4 Å². The van der Waals surface area contributed by atoms with Crippen LogP contribution in [0.25, 0.3) is 243 Å². The predicted molar refractivity (Wildman–Crippen MR) is 588 cm³/mol. The van der Waals surface area contributed by atoms with Crippen LogP contribution in [0.4, 0.5) is 0 Å². The van der Waals surface area contributed by atoms with Gasteiger partial charge in [-0.15, -0.1) is 0 Å². The van der Waals surface area contributed by atoms with Gasteiger partial charge in [-0.2, -0.15) is 0 Å². The molecule has 4 aliphatic carbocycles. The van der Waals surface area contributed by atoms with E-state index in [2.05, 4.69) is 430 Å². The monoisotopic (exact) mass is 1810 g/mol. The van der Waals surface area contributed by atoms with Gasteiger partial charge in [0.25, 0.3) is 0 Å². The summed E-state index contributed by atoms with van der Waals surface area (Å²) < 4.78 is 13.0. The van der Waals surface area contributed by atoms with Crippen molar-refractivity contribution in [3.05, 3.63) is 503 Å². The largest absolute Gasteiger partial charge is 0.455 e. The maximum absolute atomic E-state index is 6.58. The van der Waals surface area contributed by atoms with E-state index in [1.807, 2.05) is 36.7 Å². The molecule has 0 aliphatic heterocycles. The molecule has 0 saturated carbocycles. The molecule has 0 amide bonds. The van der Waals surface area contributed by atoms with Crippen molar-refractivity contribution in [2.75, 3.05) is 0 Å². The summed E-state index contributed by atoms with van der Waals surface area (Å²) in [5, 5.41) is 13.4. The van der Waals surface area contributed by atoms with Crippen LogP contribution in [0.2, 0.25) is 0 Å². The molecule has 0 unspecified atom stereocenters. The third-order valence-electron chi connectivity index (χ3n) is 31.6. The van der Waals surface area contributed by atoms with Crippen LogP contribution >= 0.6 is 0 Å². The van der Waals surface area contributed by atoms with E-state index in [1.165, 1.54) is 155 Å². The molecule has 0 N–H and O–H groups in total. The minimum atomic E-state index is -0.451. The molecule has 0 fully saturated rings. The quantitative estimate of drug-likeness (QED) is 0.141. The van der Waals surface area contributed by atoms with E-state index in [1.54, 1.807) is 0 Å². The number of fused-ring (bicyclic) bond motifs is 38. The zero-order valence-corrected chi connectivity index (χ0v) is 79.0. The fourth-order valence-corrected chi connectivity index (χ4v) is 25.9. The second kappa shape index (κ2) is 30.8. The van der Waals surface area contributed by atoms with Crippen molar-refractivity contribution in [2.24, 2.45) is 0 Å². The number of hydrogen-bond acceptors (Lipinski definition) is 6. The third-order valence-corrected chi connectivity index (χ3v) is 31.6. The van der Waals surface area contributed by atoms with E-state index < -0.39 is 10.8 Å². The lowest BCUT2D eigenvalue weighted by atomic mass is 9.70. The number of aryl methyl sites for hydroxylation is 6. The molecule has 4 aliphatic rings. The number of aromatic nitrogens is 4. The second-order valence-corrected chi connectivity index (χ2v) is 39.5. The number of furan rings is 2. The summed E-state index contributed by atoms with van der Waals surface area (Å²) >= 11 is 0. The first-order valence-electron chi connectivity index (χ1n) is 49.2. The van der Waals surface area contributed by atoms with E-state index in [0.29, 0.717) is 0 Å². The molecule has 0 bridgehead atoms. The molecular formula is C136H88N4O2. The van der Waals surface area contributed by atoms with Crippen LogP contribution in [0.5, 0.6) is 0 Å². The standard InChI is InChI=1S/C84H48N2O.C52H40N2O/c1-8-28-70-58(19-1)59-20-2-9-29-71(59)83(70)74-32-12-5-23-62(74)64-41-37-51(46-76(64)83)49-35-39-56-57-40-36-50(52-38-42-65-63-24-6-13-33-75(63)84(77(65)47-52)72-30-10-3-21-60(72)61-22-4-11-31-73(61)84)45-69(57)81-80(68(56)44-49)85-48-78(86-81)54-18-15-17-53(43-54)55-26-16-27-67-66-25-7-14-34-79(66)87-82(55)67;1-29-21-31(3)48(32(4)22-29)37-17-19-40-41-20-18-38(49-33(5)23-30(2)24-34(49)6)27-45(41)51-50(44(40)26-37)53-28-46(54-51)36-12-9-11-35(25-36)39-14-10-15-43-42-13-7-8-16-47(42)55-52(39)43/h1-48H;7-28H,1-6H3. The van der Waals surface area contributed by atoms with Crippen molar-refractivity contribution in [1.29, 1.82) is 0 Å². The Morgan fingerprint density at radius 1 is 0.183 bits per heavy atom. The van der Waals surface area contributed by atoms with Crippen molar-refractivity contribution in [1.82, 2.24) is 19.9 Å². The van der Waals surface area contributed by atoms with Gasteiger partial charge in [0.1, 0.15) is 22.3 Å². The van der Waals surface area contributed by atoms with E-state index >= 15 is 0 Å². The van der Waals surface area contributed by atoms with Crippen molar-refractivity contribution >= 4 is 109 Å². The highest BCUT2D eigenvalue weighted by Crippen LogP contribution is 2.66. The lowest BCUT2D eigenvalue weighted by Gasteiger charge is -2.30. The highest BCUT2D eigenvalue weighted by molar-refractivity contribution is 6.26. The molecule has 6 nitrogen and oxygen atoms in total. The molecule has 0 saturated heterocycles. The summed E-state index contributed by atoms with van der Waals surface area (Å²) in [6.07, 6.45) is 3.92. The van der Waals surface area contributed by atoms with Crippen molar-refractivity contribution in [3.63, 3.8) is 0 Å². The number of para-hydroxylation sites is 4. The molecule has 2 spiro atoms. The highest BCUT2D eigenvalue weighted by Gasteiger charge is 2.53. The molecule has 4 heterocycles. The lowest BCUT2D eigenvalue weighted by molar-refractivity contribution is 0.669. The smallest absolute Gasteiger partial charge is 0.143 e. The second-order valence-electron chi connectivity index (χ2n) is 39.5. The van der Waals surface area contributed by atoms with Gasteiger partial charge in [0, 0.05) is 65.3 Å². The molecule has 22 aromatic carbocycles. The van der Waals surface area contributed by atoms with E-state index in [-0.39, 0.29) is 0 Å². The first kappa shape index (κ1) is 81.3. The molecule has 26 aromatic rings. The molecule has 0 atom stereocenters. The number of nitrogens with zero attached hydrogens (tertiary/aromatic N) is 4. The number of hydrogen-bond donors (Lipinski definition) is 0. The maximum Gasteiger partial charge on any atom is 0.143 e. The zero-order valence-electron chi connectivity index (χ0n) is 79.0. The molecule has 142 heavy (non-hydrogen) atoms. The molecular weight excluding hydrogens is 1720 g/mol. The van der Waals surface area contributed by atoms with Gasteiger partial charge in [-0.25, -0.2) is 9.97 Å². The van der Waals surface area contributed by atoms with Gasteiger partial charge >= 0.3 is 0 Å². The summed E-state index contributed by atoms with van der Waals surface area (Å²) in [4.78, 5) is 22.1. The Bertz CT molecular complexity index is 9880. The van der Waals surface area contributed by atoms with Crippen LogP contribution in [-0.2, 0) is 10.8 Å². The Kier molecular flexibility index (Phi) is 17.7. The van der Waals surface area contributed by atoms with Gasteiger partial charge in [-0.3, -0.25) is 9.97 Å². The fraction of sp³-hybridized carbons (Fsp3) is 0.0588. The van der Waals surface area contributed by atoms with Gasteiger partial charge in [-0.1, -0.05) is 363 Å². The summed E-state index contributed by atoms with van der Waals surface area (Å²) in [6.45, 7) is 13.2.